The van der Waals surface area contributed by atoms with Crippen molar-refractivity contribution in [2.75, 3.05) is 5.32 Å². The van der Waals surface area contributed by atoms with E-state index in [0.717, 1.165) is 6.42 Å². The number of carbonyl (C=O) groups excluding carboxylic acids is 2. The standard InChI is InChI=1S/C15H18N2O4/c1-9(18)10-5-7-11(8-6-10)16-15(21)17-13-4-2-3-12(13)14(19)20/h5-8,12-13H,2-4H2,1H3,(H,19,20)(H2,16,17,21). The van der Waals surface area contributed by atoms with Crippen LogP contribution in [0.3, 0.4) is 0 Å². The fourth-order valence-electron chi connectivity index (χ4n) is 2.55. The van der Waals surface area contributed by atoms with Crippen molar-refractivity contribution in [1.29, 1.82) is 0 Å². The fraction of sp³-hybridized carbons (Fsp3) is 0.400. The summed E-state index contributed by atoms with van der Waals surface area (Å²) in [6.45, 7) is 1.47. The van der Waals surface area contributed by atoms with E-state index >= 15 is 0 Å². The van der Waals surface area contributed by atoms with Crippen LogP contribution in [-0.2, 0) is 4.79 Å². The first-order chi connectivity index (χ1) is 9.97. The Hall–Kier alpha value is -2.37. The monoisotopic (exact) mass is 290 g/mol. The molecule has 0 heterocycles. The Morgan fingerprint density at radius 3 is 2.38 bits per heavy atom. The summed E-state index contributed by atoms with van der Waals surface area (Å²) in [7, 11) is 0. The molecular formula is C15H18N2O4. The minimum Gasteiger partial charge on any atom is -0.481 e. The van der Waals surface area contributed by atoms with Crippen molar-refractivity contribution in [2.24, 2.45) is 5.92 Å². The van der Waals surface area contributed by atoms with Crippen molar-refractivity contribution in [2.45, 2.75) is 32.2 Å². The van der Waals surface area contributed by atoms with Crippen molar-refractivity contribution in [3.8, 4) is 0 Å². The van der Waals surface area contributed by atoms with E-state index in [1.807, 2.05) is 0 Å². The maximum absolute atomic E-state index is 11.9. The van der Waals surface area contributed by atoms with Crippen molar-refractivity contribution < 1.29 is 19.5 Å². The molecule has 6 nitrogen and oxygen atoms in total. The lowest BCUT2D eigenvalue weighted by molar-refractivity contribution is -0.142. The Labute approximate surface area is 122 Å². The summed E-state index contributed by atoms with van der Waals surface area (Å²) in [6, 6.07) is 5.78. The maximum atomic E-state index is 11.9. The molecule has 1 saturated carbocycles. The van der Waals surface area contributed by atoms with Gasteiger partial charge >= 0.3 is 12.0 Å². The van der Waals surface area contributed by atoms with Crippen LogP contribution in [0.1, 0.15) is 36.5 Å². The van der Waals surface area contributed by atoms with Gasteiger partial charge in [-0.2, -0.15) is 0 Å². The van der Waals surface area contributed by atoms with E-state index in [-0.39, 0.29) is 11.8 Å². The third kappa shape index (κ3) is 3.81. The predicted octanol–water partition coefficient (Wildman–Crippen LogP) is 2.26. The van der Waals surface area contributed by atoms with Crippen LogP contribution in [0.15, 0.2) is 24.3 Å². The number of amides is 2. The van der Waals surface area contributed by atoms with E-state index in [1.165, 1.54) is 6.92 Å². The van der Waals surface area contributed by atoms with Crippen molar-refractivity contribution in [3.05, 3.63) is 29.8 Å². The molecule has 0 aliphatic heterocycles. The molecule has 1 fully saturated rings. The lowest BCUT2D eigenvalue weighted by Gasteiger charge is -2.18. The minimum absolute atomic E-state index is 0.0405. The third-order valence-electron chi connectivity index (χ3n) is 3.70. The summed E-state index contributed by atoms with van der Waals surface area (Å²) >= 11 is 0. The van der Waals surface area contributed by atoms with Gasteiger partial charge in [-0.05, 0) is 44.0 Å². The van der Waals surface area contributed by atoms with Crippen LogP contribution in [0, 0.1) is 5.92 Å². The van der Waals surface area contributed by atoms with E-state index in [4.69, 9.17) is 5.11 Å². The number of hydrogen-bond donors (Lipinski definition) is 3. The van der Waals surface area contributed by atoms with Gasteiger partial charge in [0.25, 0.3) is 0 Å². The number of carbonyl (C=O) groups is 3. The number of benzene rings is 1. The smallest absolute Gasteiger partial charge is 0.319 e. The van der Waals surface area contributed by atoms with E-state index in [1.54, 1.807) is 24.3 Å². The molecule has 3 N–H and O–H groups in total. The number of carboxylic acid groups (broad SMARTS) is 1. The fourth-order valence-corrected chi connectivity index (χ4v) is 2.55. The molecule has 2 unspecified atom stereocenters. The van der Waals surface area contributed by atoms with Gasteiger partial charge in [0.2, 0.25) is 0 Å². The van der Waals surface area contributed by atoms with Crippen LogP contribution in [0.25, 0.3) is 0 Å². The zero-order valence-electron chi connectivity index (χ0n) is 11.8. The maximum Gasteiger partial charge on any atom is 0.319 e. The molecule has 1 aliphatic rings. The zero-order chi connectivity index (χ0) is 15.4. The lowest BCUT2D eigenvalue weighted by atomic mass is 10.0. The molecule has 2 atom stereocenters. The quantitative estimate of drug-likeness (QED) is 0.741. The zero-order valence-corrected chi connectivity index (χ0v) is 11.8. The normalized spacial score (nSPS) is 20.8. The first-order valence-electron chi connectivity index (χ1n) is 6.88. The number of urea groups is 1. The van der Waals surface area contributed by atoms with Crippen LogP contribution < -0.4 is 10.6 Å². The van der Waals surface area contributed by atoms with Gasteiger partial charge in [-0.25, -0.2) is 4.79 Å². The highest BCUT2D eigenvalue weighted by atomic mass is 16.4. The Morgan fingerprint density at radius 1 is 1.14 bits per heavy atom. The van der Waals surface area contributed by atoms with E-state index < -0.39 is 17.9 Å². The van der Waals surface area contributed by atoms with Gasteiger partial charge in [-0.15, -0.1) is 0 Å². The van der Waals surface area contributed by atoms with Crippen LogP contribution in [-0.4, -0.2) is 28.9 Å². The molecule has 1 aliphatic carbocycles. The summed E-state index contributed by atoms with van der Waals surface area (Å²) in [4.78, 5) is 34.1. The number of anilines is 1. The third-order valence-corrected chi connectivity index (χ3v) is 3.70. The SMILES string of the molecule is CC(=O)c1ccc(NC(=O)NC2CCCC2C(=O)O)cc1. The number of nitrogens with one attached hydrogen (secondary N) is 2. The van der Waals surface area contributed by atoms with Crippen LogP contribution in [0.4, 0.5) is 10.5 Å². The average molecular weight is 290 g/mol. The summed E-state index contributed by atoms with van der Waals surface area (Å²) in [5.41, 5.74) is 1.13. The van der Waals surface area contributed by atoms with Gasteiger partial charge < -0.3 is 15.7 Å². The average Bonchev–Trinajstić information content (AvgIpc) is 2.87. The molecule has 0 radical (unpaired) electrons. The highest BCUT2D eigenvalue weighted by Crippen LogP contribution is 2.25. The van der Waals surface area contributed by atoms with Gasteiger partial charge in [-0.1, -0.05) is 6.42 Å². The van der Waals surface area contributed by atoms with Crippen LogP contribution in [0.2, 0.25) is 0 Å². The molecule has 0 spiro atoms. The molecule has 0 aromatic heterocycles. The summed E-state index contributed by atoms with van der Waals surface area (Å²) in [5, 5.41) is 14.4. The second-order valence-corrected chi connectivity index (χ2v) is 5.21. The van der Waals surface area contributed by atoms with Gasteiger partial charge in [0.1, 0.15) is 0 Å². The van der Waals surface area contributed by atoms with Gasteiger partial charge in [-0.3, -0.25) is 9.59 Å². The first-order valence-corrected chi connectivity index (χ1v) is 6.88. The second kappa shape index (κ2) is 6.39. The summed E-state index contributed by atoms with van der Waals surface area (Å²) in [5.74, 6) is -1.43. The molecule has 112 valence electrons. The van der Waals surface area contributed by atoms with Gasteiger partial charge in [0.15, 0.2) is 5.78 Å². The number of Topliss-reactive ketones (excluding diaryl/α,β-unsaturated/α-hetero) is 1. The number of aliphatic carboxylic acids is 1. The Morgan fingerprint density at radius 2 is 1.81 bits per heavy atom. The van der Waals surface area contributed by atoms with Gasteiger partial charge in [0.05, 0.1) is 5.92 Å². The highest BCUT2D eigenvalue weighted by molar-refractivity contribution is 5.95. The molecule has 21 heavy (non-hydrogen) atoms. The first kappa shape index (κ1) is 15.0. The summed E-state index contributed by atoms with van der Waals surface area (Å²) in [6.07, 6.45) is 2.07. The second-order valence-electron chi connectivity index (χ2n) is 5.21. The van der Waals surface area contributed by atoms with E-state index in [0.29, 0.717) is 24.1 Å². The Bertz CT molecular complexity index is 553. The number of hydrogen-bond acceptors (Lipinski definition) is 3. The molecule has 2 amide bonds. The molecule has 0 bridgehead atoms. The Balaban J connectivity index is 1.92. The predicted molar refractivity (Wildman–Crippen MR) is 77.4 cm³/mol. The van der Waals surface area contributed by atoms with Crippen molar-refractivity contribution in [3.63, 3.8) is 0 Å². The molecule has 1 aromatic carbocycles. The molecule has 0 saturated heterocycles. The molecule has 2 rings (SSSR count). The topological polar surface area (TPSA) is 95.5 Å². The molecular weight excluding hydrogens is 272 g/mol. The van der Waals surface area contributed by atoms with Crippen LogP contribution >= 0.6 is 0 Å². The Kier molecular flexibility index (Phi) is 4.57. The minimum atomic E-state index is -0.872. The molecule has 1 aromatic rings. The van der Waals surface area contributed by atoms with Crippen molar-refractivity contribution >= 4 is 23.5 Å². The number of rotatable bonds is 4. The number of ketones is 1. The van der Waals surface area contributed by atoms with E-state index in [2.05, 4.69) is 10.6 Å². The highest BCUT2D eigenvalue weighted by Gasteiger charge is 2.33. The largest absolute Gasteiger partial charge is 0.481 e. The number of carboxylic acids is 1. The lowest BCUT2D eigenvalue weighted by Crippen LogP contribution is -2.42. The summed E-state index contributed by atoms with van der Waals surface area (Å²) < 4.78 is 0. The molecule has 6 heteroatoms. The van der Waals surface area contributed by atoms with Gasteiger partial charge in [0, 0.05) is 17.3 Å². The van der Waals surface area contributed by atoms with Crippen molar-refractivity contribution in [1.82, 2.24) is 5.32 Å². The van der Waals surface area contributed by atoms with E-state index in [9.17, 15) is 14.4 Å². The van der Waals surface area contributed by atoms with Crippen LogP contribution in [0.5, 0.6) is 0 Å².